The van der Waals surface area contributed by atoms with Crippen LogP contribution in [0.25, 0.3) is 10.9 Å². The number of carbonyl (C=O) groups excluding carboxylic acids is 1. The highest BCUT2D eigenvalue weighted by molar-refractivity contribution is 8.00. The molecule has 10 heteroatoms. The summed E-state index contributed by atoms with van der Waals surface area (Å²) in [5, 5.41) is 1.73. The van der Waals surface area contributed by atoms with E-state index in [9.17, 15) is 4.79 Å². The van der Waals surface area contributed by atoms with Gasteiger partial charge in [-0.15, -0.1) is 0 Å². The Morgan fingerprint density at radius 1 is 1.24 bits per heavy atom. The van der Waals surface area contributed by atoms with Crippen molar-refractivity contribution in [1.29, 1.82) is 0 Å². The quantitative estimate of drug-likeness (QED) is 0.336. The van der Waals surface area contributed by atoms with Crippen LogP contribution in [0, 0.1) is 12.7 Å². The van der Waals surface area contributed by atoms with Gasteiger partial charge in [-0.2, -0.15) is 0 Å². The maximum absolute atomic E-state index is 15.3. The minimum atomic E-state index is -0.558. The van der Waals surface area contributed by atoms with Crippen LogP contribution in [0.1, 0.15) is 27.6 Å². The second-order valence-electron chi connectivity index (χ2n) is 7.89. The molecule has 0 unspecified atom stereocenters. The summed E-state index contributed by atoms with van der Waals surface area (Å²) in [6.45, 7) is 2.84. The van der Waals surface area contributed by atoms with Crippen LogP contribution in [0.15, 0.2) is 41.4 Å². The maximum Gasteiger partial charge on any atom is 0.257 e. The Balaban J connectivity index is 1.36. The number of aromatic amines is 1. The molecule has 0 atom stereocenters. The van der Waals surface area contributed by atoms with Gasteiger partial charge in [-0.3, -0.25) is 4.79 Å². The molecular formula is C23H20Cl2FN5OS. The van der Waals surface area contributed by atoms with E-state index in [0.717, 1.165) is 34.7 Å². The summed E-state index contributed by atoms with van der Waals surface area (Å²) in [5.41, 5.74) is 3.48. The van der Waals surface area contributed by atoms with Crippen molar-refractivity contribution in [1.82, 2.24) is 19.4 Å². The average Bonchev–Trinajstić information content (AvgIpc) is 3.33. The number of hydrogen-bond donors (Lipinski definition) is 2. The third-order valence-electron chi connectivity index (χ3n) is 5.97. The van der Waals surface area contributed by atoms with Gasteiger partial charge in [0.25, 0.3) is 5.91 Å². The Kier molecular flexibility index (Phi) is 5.76. The number of nitrogens with one attached hydrogen (secondary N) is 2. The van der Waals surface area contributed by atoms with E-state index in [1.165, 1.54) is 6.07 Å². The zero-order valence-electron chi connectivity index (χ0n) is 17.9. The summed E-state index contributed by atoms with van der Waals surface area (Å²) >= 11 is 13.5. The maximum atomic E-state index is 15.3. The molecule has 0 saturated carbocycles. The predicted octanol–water partition coefficient (Wildman–Crippen LogP) is 5.97. The second-order valence-corrected chi connectivity index (χ2v) is 9.55. The van der Waals surface area contributed by atoms with Gasteiger partial charge in [0.2, 0.25) is 0 Å². The van der Waals surface area contributed by atoms with Crippen molar-refractivity contribution in [3.63, 3.8) is 0 Å². The van der Waals surface area contributed by atoms with Crippen LogP contribution in [0.3, 0.4) is 0 Å². The van der Waals surface area contributed by atoms with Crippen LogP contribution in [-0.2, 0) is 20.0 Å². The van der Waals surface area contributed by atoms with Crippen LogP contribution < -0.4 is 4.72 Å². The number of rotatable bonds is 4. The molecule has 4 aromatic rings. The first-order valence-corrected chi connectivity index (χ1v) is 11.9. The van der Waals surface area contributed by atoms with Crippen LogP contribution in [-0.4, -0.2) is 31.9 Å². The molecule has 33 heavy (non-hydrogen) atoms. The molecular weight excluding hydrogens is 484 g/mol. The smallest absolute Gasteiger partial charge is 0.257 e. The van der Waals surface area contributed by atoms with Gasteiger partial charge in [-0.05, 0) is 43.1 Å². The number of H-pyrrole nitrogens is 1. The lowest BCUT2D eigenvalue weighted by Gasteiger charge is -2.27. The number of amides is 1. The van der Waals surface area contributed by atoms with E-state index in [-0.39, 0.29) is 11.5 Å². The second kappa shape index (κ2) is 8.59. The van der Waals surface area contributed by atoms with Crippen molar-refractivity contribution in [2.45, 2.75) is 24.8 Å². The van der Waals surface area contributed by atoms with E-state index in [2.05, 4.69) is 14.7 Å². The van der Waals surface area contributed by atoms with Crippen LogP contribution in [0.2, 0.25) is 10.0 Å². The first kappa shape index (κ1) is 22.1. The molecule has 0 radical (unpaired) electrons. The van der Waals surface area contributed by atoms with Gasteiger partial charge in [0.1, 0.15) is 5.82 Å². The molecule has 3 heterocycles. The molecule has 170 valence electrons. The number of carbonyl (C=O) groups is 1. The lowest BCUT2D eigenvalue weighted by atomic mass is 10.1. The summed E-state index contributed by atoms with van der Waals surface area (Å²) in [7, 11) is 1.97. The molecule has 0 saturated heterocycles. The average molecular weight is 504 g/mol. The summed E-state index contributed by atoms with van der Waals surface area (Å²) in [6.07, 6.45) is 2.35. The van der Waals surface area contributed by atoms with Crippen LogP contribution in [0.4, 0.5) is 10.1 Å². The van der Waals surface area contributed by atoms with Gasteiger partial charge >= 0.3 is 0 Å². The molecule has 1 aliphatic rings. The molecule has 0 bridgehead atoms. The van der Waals surface area contributed by atoms with Gasteiger partial charge in [0, 0.05) is 37.3 Å². The Morgan fingerprint density at radius 3 is 2.88 bits per heavy atom. The van der Waals surface area contributed by atoms with Crippen molar-refractivity contribution in [2.24, 2.45) is 7.05 Å². The fourth-order valence-corrected chi connectivity index (χ4v) is 5.42. The van der Waals surface area contributed by atoms with Crippen molar-refractivity contribution in [2.75, 3.05) is 11.3 Å². The first-order valence-electron chi connectivity index (χ1n) is 10.3. The molecule has 6 nitrogen and oxygen atoms in total. The van der Waals surface area contributed by atoms with Gasteiger partial charge in [-0.25, -0.2) is 9.37 Å². The Hall–Kier alpha value is -2.68. The number of aromatic nitrogens is 3. The normalized spacial score (nSPS) is 13.4. The highest BCUT2D eigenvalue weighted by Gasteiger charge is 2.27. The van der Waals surface area contributed by atoms with Crippen molar-refractivity contribution < 1.29 is 9.18 Å². The van der Waals surface area contributed by atoms with E-state index in [0.29, 0.717) is 45.5 Å². The summed E-state index contributed by atoms with van der Waals surface area (Å²) in [6, 6.07) is 8.36. The minimum absolute atomic E-state index is 0.0436. The van der Waals surface area contributed by atoms with Gasteiger partial charge in [0.15, 0.2) is 5.82 Å². The van der Waals surface area contributed by atoms with E-state index in [1.807, 2.05) is 18.5 Å². The molecule has 2 aromatic carbocycles. The molecule has 2 N–H and O–H groups in total. The summed E-state index contributed by atoms with van der Waals surface area (Å²) in [5.74, 6) is 0.0104. The summed E-state index contributed by atoms with van der Waals surface area (Å²) in [4.78, 5) is 22.7. The topological polar surface area (TPSA) is 66.0 Å². The van der Waals surface area contributed by atoms with E-state index in [4.69, 9.17) is 23.2 Å². The Bertz CT molecular complexity index is 1400. The van der Waals surface area contributed by atoms with Gasteiger partial charge < -0.3 is 19.2 Å². The first-order chi connectivity index (χ1) is 15.8. The molecule has 2 aromatic heterocycles. The van der Waals surface area contributed by atoms with Crippen LogP contribution >= 0.6 is 35.1 Å². The number of fused-ring (bicyclic) bond motifs is 2. The molecule has 0 aliphatic carbocycles. The van der Waals surface area contributed by atoms with Crippen molar-refractivity contribution >= 4 is 57.6 Å². The lowest BCUT2D eigenvalue weighted by Crippen LogP contribution is -2.37. The monoisotopic (exact) mass is 503 g/mol. The third kappa shape index (κ3) is 3.86. The molecule has 5 rings (SSSR count). The minimum Gasteiger partial charge on any atom is -0.358 e. The number of halogens is 3. The molecule has 1 aliphatic heterocycles. The molecule has 0 spiro atoms. The van der Waals surface area contributed by atoms with E-state index < -0.39 is 5.82 Å². The Morgan fingerprint density at radius 2 is 2.06 bits per heavy atom. The summed E-state index contributed by atoms with van der Waals surface area (Å²) < 4.78 is 20.5. The fraction of sp³-hybridized carbons (Fsp3) is 0.217. The zero-order chi connectivity index (χ0) is 23.3. The highest BCUT2D eigenvalue weighted by Crippen LogP contribution is 2.37. The number of anilines is 1. The van der Waals surface area contributed by atoms with Crippen molar-refractivity contribution in [3.05, 3.63) is 75.2 Å². The highest BCUT2D eigenvalue weighted by atomic mass is 35.5. The fourth-order valence-electron chi connectivity index (χ4n) is 4.12. The number of aryl methyl sites for hydroxylation is 1. The zero-order valence-corrected chi connectivity index (χ0v) is 20.2. The number of hydrogen-bond acceptors (Lipinski definition) is 4. The largest absolute Gasteiger partial charge is 0.358 e. The molecule has 0 fully saturated rings. The number of nitrogens with zero attached hydrogens (tertiary/aromatic N) is 3. The lowest BCUT2D eigenvalue weighted by molar-refractivity contribution is 0.0725. The van der Waals surface area contributed by atoms with Crippen LogP contribution in [0.5, 0.6) is 0 Å². The standard InChI is InChI=1S/C23H20Cl2FN5OS/c1-12-28-17-11-31(9-8-18(17)30(12)2)23(32)13-4-3-5-19(21(13)26)33-29-16-7-6-14(24)20-15(25)10-27-22(16)20/h3-7,10,27,29H,8-9,11H2,1-2H3. The third-order valence-corrected chi connectivity index (χ3v) is 7.44. The van der Waals surface area contributed by atoms with E-state index in [1.54, 1.807) is 35.4 Å². The van der Waals surface area contributed by atoms with Gasteiger partial charge in [0.05, 0.1) is 43.9 Å². The van der Waals surface area contributed by atoms with E-state index >= 15 is 4.39 Å². The number of benzene rings is 2. The van der Waals surface area contributed by atoms with Crippen molar-refractivity contribution in [3.8, 4) is 0 Å². The predicted molar refractivity (Wildman–Crippen MR) is 131 cm³/mol. The molecule has 1 amide bonds. The van der Waals surface area contributed by atoms with Gasteiger partial charge in [-0.1, -0.05) is 29.3 Å². The Labute approximate surface area is 204 Å². The SMILES string of the molecule is Cc1nc2c(n1C)CCN(C(=O)c1cccc(SNc3ccc(Cl)c4c(Cl)c[nH]c34)c1F)C2. The number of imidazole rings is 1.